The zero-order chi connectivity index (χ0) is 14.3. The van der Waals surface area contributed by atoms with Crippen LogP contribution >= 0.6 is 22.6 Å². The van der Waals surface area contributed by atoms with E-state index in [1.165, 1.54) is 7.11 Å². The number of aliphatic hydroxyl groups is 2. The van der Waals surface area contributed by atoms with Gasteiger partial charge >= 0.3 is 0 Å². The first-order chi connectivity index (χ1) is 9.63. The average molecular weight is 392 g/mol. The van der Waals surface area contributed by atoms with Crippen molar-refractivity contribution >= 4 is 33.8 Å². The lowest BCUT2D eigenvalue weighted by molar-refractivity contribution is -0.0432. The summed E-state index contributed by atoms with van der Waals surface area (Å²) in [5, 5.41) is 18.9. The summed E-state index contributed by atoms with van der Waals surface area (Å²) in [4.78, 5) is 12.7. The summed E-state index contributed by atoms with van der Waals surface area (Å²) < 4.78 is 13.0. The van der Waals surface area contributed by atoms with Crippen LogP contribution in [0.2, 0.25) is 0 Å². The van der Waals surface area contributed by atoms with E-state index < -0.39 is 18.4 Å². The predicted molar refractivity (Wildman–Crippen MR) is 76.2 cm³/mol. The van der Waals surface area contributed by atoms with Crippen LogP contribution in [0.4, 0.5) is 0 Å². The fraction of sp³-hybridized carbons (Fsp3) is 0.545. The molecule has 8 nitrogen and oxygen atoms in total. The van der Waals surface area contributed by atoms with Crippen LogP contribution < -0.4 is 4.74 Å². The van der Waals surface area contributed by atoms with Gasteiger partial charge in [0.1, 0.15) is 12.3 Å². The molecule has 2 aromatic heterocycles. The Morgan fingerprint density at radius 1 is 1.55 bits per heavy atom. The molecule has 108 valence electrons. The highest BCUT2D eigenvalue weighted by atomic mass is 127. The Morgan fingerprint density at radius 2 is 2.35 bits per heavy atom. The number of halogens is 1. The van der Waals surface area contributed by atoms with E-state index in [0.29, 0.717) is 27.3 Å². The Kier molecular flexibility index (Phi) is 3.75. The molecular weight excluding hydrogens is 379 g/mol. The summed E-state index contributed by atoms with van der Waals surface area (Å²) in [6, 6.07) is 0. The SMILES string of the molecule is COc1nc(I)nc2c1ncn2[C@@H]1C[C@@H](O)[C@H](CO)O1. The van der Waals surface area contributed by atoms with Gasteiger partial charge in [-0.05, 0) is 0 Å². The van der Waals surface area contributed by atoms with E-state index in [1.807, 2.05) is 22.6 Å². The van der Waals surface area contributed by atoms with Crippen molar-refractivity contribution in [1.29, 1.82) is 0 Å². The highest BCUT2D eigenvalue weighted by Crippen LogP contribution is 2.32. The van der Waals surface area contributed by atoms with Gasteiger partial charge in [-0.1, -0.05) is 0 Å². The fourth-order valence-electron chi connectivity index (χ4n) is 2.27. The Bertz CT molecular complexity index is 634. The maximum absolute atomic E-state index is 9.81. The van der Waals surface area contributed by atoms with Crippen LogP contribution in [0, 0.1) is 3.83 Å². The van der Waals surface area contributed by atoms with Gasteiger partial charge < -0.3 is 19.7 Å². The lowest BCUT2D eigenvalue weighted by Crippen LogP contribution is -2.24. The van der Waals surface area contributed by atoms with Gasteiger partial charge in [0, 0.05) is 29.0 Å². The first-order valence-corrected chi connectivity index (χ1v) is 7.10. The summed E-state index contributed by atoms with van der Waals surface area (Å²) in [7, 11) is 1.52. The highest BCUT2D eigenvalue weighted by molar-refractivity contribution is 14.1. The summed E-state index contributed by atoms with van der Waals surface area (Å²) >= 11 is 2.00. The number of imidazole rings is 1. The second-order valence-electron chi connectivity index (χ2n) is 4.44. The number of aliphatic hydroxyl groups excluding tert-OH is 2. The van der Waals surface area contributed by atoms with Crippen LogP contribution in [0.25, 0.3) is 11.2 Å². The molecule has 3 atom stereocenters. The standard InChI is InChI=1S/C11H13IN4O4/c1-19-10-8-9(14-11(12)15-10)16(4-13-8)7-2-5(18)6(3-17)20-7/h4-7,17-18H,2-3H2,1H3/t5-,6+,7+/m1/s1. The number of methoxy groups -OCH3 is 1. The van der Waals surface area contributed by atoms with E-state index in [1.54, 1.807) is 10.9 Å². The van der Waals surface area contributed by atoms with Crippen molar-refractivity contribution in [2.45, 2.75) is 24.9 Å². The van der Waals surface area contributed by atoms with E-state index in [9.17, 15) is 5.11 Å². The third-order valence-corrected chi connectivity index (χ3v) is 3.73. The molecule has 0 radical (unpaired) electrons. The van der Waals surface area contributed by atoms with Crippen molar-refractivity contribution in [3.63, 3.8) is 0 Å². The maximum atomic E-state index is 9.81. The molecule has 3 heterocycles. The minimum Gasteiger partial charge on any atom is -0.479 e. The molecule has 0 bridgehead atoms. The number of hydrogen-bond donors (Lipinski definition) is 2. The second-order valence-corrected chi connectivity index (χ2v) is 5.41. The van der Waals surface area contributed by atoms with Crippen LogP contribution in [-0.2, 0) is 4.74 Å². The van der Waals surface area contributed by atoms with Crippen LogP contribution in [0.5, 0.6) is 5.88 Å². The van der Waals surface area contributed by atoms with Crippen molar-refractivity contribution in [3.05, 3.63) is 10.2 Å². The van der Waals surface area contributed by atoms with Gasteiger partial charge in [0.2, 0.25) is 5.88 Å². The van der Waals surface area contributed by atoms with Crippen LogP contribution in [0.3, 0.4) is 0 Å². The molecule has 1 aliphatic heterocycles. The number of hydrogen-bond acceptors (Lipinski definition) is 7. The van der Waals surface area contributed by atoms with Gasteiger partial charge in [0.25, 0.3) is 0 Å². The molecule has 1 saturated heterocycles. The lowest BCUT2D eigenvalue weighted by atomic mass is 10.2. The summed E-state index contributed by atoms with van der Waals surface area (Å²) in [6.07, 6.45) is 0.252. The topological polar surface area (TPSA) is 103 Å². The summed E-state index contributed by atoms with van der Waals surface area (Å²) in [5.74, 6) is 0.399. The first-order valence-electron chi connectivity index (χ1n) is 6.02. The molecule has 0 unspecified atom stereocenters. The van der Waals surface area contributed by atoms with E-state index >= 15 is 0 Å². The fourth-order valence-corrected chi connectivity index (χ4v) is 2.72. The van der Waals surface area contributed by atoms with E-state index in [2.05, 4.69) is 15.0 Å². The molecule has 2 N–H and O–H groups in total. The molecule has 0 saturated carbocycles. The van der Waals surface area contributed by atoms with Crippen LogP contribution in [0.1, 0.15) is 12.6 Å². The number of fused-ring (bicyclic) bond motifs is 1. The van der Waals surface area contributed by atoms with Gasteiger partial charge in [0.15, 0.2) is 15.0 Å². The third kappa shape index (κ3) is 2.24. The molecule has 0 amide bonds. The first kappa shape index (κ1) is 13.9. The average Bonchev–Trinajstić information content (AvgIpc) is 3.00. The van der Waals surface area contributed by atoms with Gasteiger partial charge in [-0.2, -0.15) is 4.98 Å². The van der Waals surface area contributed by atoms with E-state index in [0.717, 1.165) is 0 Å². The molecule has 2 aromatic rings. The minimum absolute atomic E-state index is 0.222. The smallest absolute Gasteiger partial charge is 0.246 e. The van der Waals surface area contributed by atoms with Gasteiger partial charge in [0.05, 0.1) is 26.1 Å². The Balaban J connectivity index is 2.03. The molecule has 20 heavy (non-hydrogen) atoms. The highest BCUT2D eigenvalue weighted by Gasteiger charge is 2.35. The molecule has 0 aromatic carbocycles. The maximum Gasteiger partial charge on any atom is 0.246 e. The van der Waals surface area contributed by atoms with Crippen molar-refractivity contribution < 1.29 is 19.7 Å². The Hall–Kier alpha value is -1.04. The molecule has 1 aliphatic rings. The van der Waals surface area contributed by atoms with Crippen molar-refractivity contribution in [3.8, 4) is 5.88 Å². The molecular formula is C11H13IN4O4. The van der Waals surface area contributed by atoms with Gasteiger partial charge in [-0.15, -0.1) is 0 Å². The van der Waals surface area contributed by atoms with Crippen LogP contribution in [-0.4, -0.2) is 55.7 Å². The quantitative estimate of drug-likeness (QED) is 0.564. The van der Waals surface area contributed by atoms with Crippen molar-refractivity contribution in [2.75, 3.05) is 13.7 Å². The number of aromatic nitrogens is 4. The number of nitrogens with zero attached hydrogens (tertiary/aromatic N) is 4. The predicted octanol–water partition coefficient (Wildman–Crippen LogP) is 0.0802. The number of rotatable bonds is 3. The zero-order valence-electron chi connectivity index (χ0n) is 10.6. The van der Waals surface area contributed by atoms with Crippen molar-refractivity contribution in [1.82, 2.24) is 19.5 Å². The summed E-state index contributed by atoms with van der Waals surface area (Å²) in [6.45, 7) is -0.222. The largest absolute Gasteiger partial charge is 0.479 e. The van der Waals surface area contributed by atoms with Crippen molar-refractivity contribution in [2.24, 2.45) is 0 Å². The van der Waals surface area contributed by atoms with Crippen LogP contribution in [0.15, 0.2) is 6.33 Å². The lowest BCUT2D eigenvalue weighted by Gasteiger charge is -2.13. The molecule has 9 heteroatoms. The number of ether oxygens (including phenoxy) is 2. The van der Waals surface area contributed by atoms with E-state index in [-0.39, 0.29) is 6.61 Å². The third-order valence-electron chi connectivity index (χ3n) is 3.25. The van der Waals surface area contributed by atoms with Gasteiger partial charge in [-0.25, -0.2) is 9.97 Å². The molecule has 1 fully saturated rings. The molecule has 3 rings (SSSR count). The minimum atomic E-state index is -0.703. The Labute approximate surface area is 127 Å². The summed E-state index contributed by atoms with van der Waals surface area (Å²) in [5.41, 5.74) is 1.12. The zero-order valence-corrected chi connectivity index (χ0v) is 12.8. The van der Waals surface area contributed by atoms with Gasteiger partial charge in [-0.3, -0.25) is 4.57 Å². The Morgan fingerprint density at radius 3 is 3.00 bits per heavy atom. The molecule has 0 aliphatic carbocycles. The molecule has 0 spiro atoms. The van der Waals surface area contributed by atoms with E-state index in [4.69, 9.17) is 14.6 Å². The normalized spacial score (nSPS) is 26.3. The monoisotopic (exact) mass is 392 g/mol. The second kappa shape index (κ2) is 5.39.